The Balaban J connectivity index is 1.94. The van der Waals surface area contributed by atoms with E-state index in [0.29, 0.717) is 29.9 Å². The maximum absolute atomic E-state index is 5.87. The second-order valence-corrected chi connectivity index (χ2v) is 4.45. The third-order valence-electron chi connectivity index (χ3n) is 2.51. The van der Waals surface area contributed by atoms with Crippen LogP contribution in [-0.4, -0.2) is 23.7 Å². The van der Waals surface area contributed by atoms with Gasteiger partial charge in [0.25, 0.3) is 0 Å². The van der Waals surface area contributed by atoms with Crippen molar-refractivity contribution >= 4 is 11.6 Å². The van der Waals surface area contributed by atoms with Gasteiger partial charge in [0, 0.05) is 12.5 Å². The van der Waals surface area contributed by atoms with Crippen molar-refractivity contribution in [3.63, 3.8) is 0 Å². The van der Waals surface area contributed by atoms with E-state index in [1.54, 1.807) is 13.2 Å². The number of benzene rings is 1. The Morgan fingerprint density at radius 2 is 2.05 bits per heavy atom. The minimum Gasteiger partial charge on any atom is -0.493 e. The van der Waals surface area contributed by atoms with Gasteiger partial charge in [0.05, 0.1) is 13.7 Å². The smallest absolute Gasteiger partial charge is 0.217 e. The molecule has 0 amide bonds. The number of aryl methyl sites for hydroxylation is 1. The first kappa shape index (κ1) is 13.6. The number of hydrogen-bond donors (Lipinski definition) is 0. The number of ether oxygens (including phenoxy) is 2. The molecule has 0 aliphatic rings. The van der Waals surface area contributed by atoms with Gasteiger partial charge in [-0.15, -0.1) is 0 Å². The molecule has 4 nitrogen and oxygen atoms in total. The van der Waals surface area contributed by atoms with Crippen LogP contribution in [0, 0.1) is 6.92 Å². The largest absolute Gasteiger partial charge is 0.493 e. The lowest BCUT2D eigenvalue weighted by Crippen LogP contribution is -2.06. The van der Waals surface area contributed by atoms with Gasteiger partial charge in [0.15, 0.2) is 0 Å². The summed E-state index contributed by atoms with van der Waals surface area (Å²) in [6, 6.07) is 9.47. The van der Waals surface area contributed by atoms with E-state index >= 15 is 0 Å². The molecule has 1 heterocycles. The van der Waals surface area contributed by atoms with E-state index in [4.69, 9.17) is 21.1 Å². The van der Waals surface area contributed by atoms with Crippen molar-refractivity contribution in [2.45, 2.75) is 13.3 Å². The third-order valence-corrected chi connectivity index (χ3v) is 2.70. The van der Waals surface area contributed by atoms with Crippen molar-refractivity contribution in [3.05, 3.63) is 46.9 Å². The number of halogens is 1. The van der Waals surface area contributed by atoms with Gasteiger partial charge in [0.2, 0.25) is 5.88 Å². The molecular weight excluding hydrogens is 264 g/mol. The van der Waals surface area contributed by atoms with Crippen LogP contribution in [0.5, 0.6) is 11.6 Å². The first-order chi connectivity index (χ1) is 9.17. The Labute approximate surface area is 117 Å². The number of methoxy groups -OCH3 is 1. The van der Waals surface area contributed by atoms with Crippen LogP contribution in [0.3, 0.4) is 0 Å². The highest BCUT2D eigenvalue weighted by atomic mass is 35.5. The first-order valence-corrected chi connectivity index (χ1v) is 6.32. The van der Waals surface area contributed by atoms with Gasteiger partial charge in [0.1, 0.15) is 16.7 Å². The SMILES string of the molecule is COc1cc(Cl)nc(CCOc2cccc(C)c2)n1. The summed E-state index contributed by atoms with van der Waals surface area (Å²) in [4.78, 5) is 8.33. The maximum Gasteiger partial charge on any atom is 0.217 e. The summed E-state index contributed by atoms with van der Waals surface area (Å²) in [6.45, 7) is 2.52. The quantitative estimate of drug-likeness (QED) is 0.789. The number of rotatable bonds is 5. The van der Waals surface area contributed by atoms with Gasteiger partial charge >= 0.3 is 0 Å². The highest BCUT2D eigenvalue weighted by Crippen LogP contribution is 2.15. The van der Waals surface area contributed by atoms with Crippen molar-refractivity contribution in [1.82, 2.24) is 9.97 Å². The van der Waals surface area contributed by atoms with E-state index in [1.807, 2.05) is 31.2 Å². The maximum atomic E-state index is 5.87. The monoisotopic (exact) mass is 278 g/mol. The Morgan fingerprint density at radius 3 is 2.79 bits per heavy atom. The summed E-state index contributed by atoms with van der Waals surface area (Å²) >= 11 is 5.87. The molecule has 0 fully saturated rings. The van der Waals surface area contributed by atoms with Crippen LogP contribution in [-0.2, 0) is 6.42 Å². The van der Waals surface area contributed by atoms with E-state index in [-0.39, 0.29) is 0 Å². The zero-order chi connectivity index (χ0) is 13.7. The Bertz CT molecular complexity index is 561. The number of nitrogens with zero attached hydrogens (tertiary/aromatic N) is 2. The average Bonchev–Trinajstić information content (AvgIpc) is 2.38. The normalized spacial score (nSPS) is 10.3. The molecule has 1 aromatic carbocycles. The van der Waals surface area contributed by atoms with Gasteiger partial charge in [-0.25, -0.2) is 4.98 Å². The molecule has 0 aliphatic heterocycles. The second-order valence-electron chi connectivity index (χ2n) is 4.06. The fourth-order valence-electron chi connectivity index (χ4n) is 1.62. The van der Waals surface area contributed by atoms with Crippen LogP contribution < -0.4 is 9.47 Å². The number of hydrogen-bond acceptors (Lipinski definition) is 4. The van der Waals surface area contributed by atoms with Crippen LogP contribution in [0.4, 0.5) is 0 Å². The minimum atomic E-state index is 0.373. The summed E-state index contributed by atoms with van der Waals surface area (Å²) in [5.41, 5.74) is 1.16. The highest BCUT2D eigenvalue weighted by molar-refractivity contribution is 6.29. The van der Waals surface area contributed by atoms with E-state index in [1.165, 1.54) is 0 Å². The molecule has 0 aliphatic carbocycles. The minimum absolute atomic E-state index is 0.373. The van der Waals surface area contributed by atoms with Gasteiger partial charge in [-0.05, 0) is 24.6 Å². The molecule has 0 unspecified atom stereocenters. The van der Waals surface area contributed by atoms with Crippen molar-refractivity contribution in [1.29, 1.82) is 0 Å². The highest BCUT2D eigenvalue weighted by Gasteiger charge is 2.04. The molecule has 0 N–H and O–H groups in total. The predicted octanol–water partition coefficient (Wildman–Crippen LogP) is 3.07. The van der Waals surface area contributed by atoms with Crippen LogP contribution in [0.15, 0.2) is 30.3 Å². The molecule has 2 rings (SSSR count). The molecule has 0 spiro atoms. The average molecular weight is 279 g/mol. The van der Waals surface area contributed by atoms with E-state index in [2.05, 4.69) is 9.97 Å². The zero-order valence-electron chi connectivity index (χ0n) is 10.9. The fourth-order valence-corrected chi connectivity index (χ4v) is 1.81. The Kier molecular flexibility index (Phi) is 4.58. The Hall–Kier alpha value is -1.81. The second kappa shape index (κ2) is 6.38. The molecule has 19 heavy (non-hydrogen) atoms. The number of aromatic nitrogens is 2. The van der Waals surface area contributed by atoms with Crippen LogP contribution in [0.1, 0.15) is 11.4 Å². The Morgan fingerprint density at radius 1 is 1.21 bits per heavy atom. The van der Waals surface area contributed by atoms with Gasteiger partial charge < -0.3 is 9.47 Å². The summed E-state index contributed by atoms with van der Waals surface area (Å²) in [6.07, 6.45) is 0.574. The molecule has 0 atom stereocenters. The van der Waals surface area contributed by atoms with E-state index < -0.39 is 0 Å². The lowest BCUT2D eigenvalue weighted by atomic mass is 10.2. The molecule has 0 bridgehead atoms. The van der Waals surface area contributed by atoms with Crippen molar-refractivity contribution < 1.29 is 9.47 Å². The molecule has 1 aromatic heterocycles. The molecule has 0 saturated heterocycles. The van der Waals surface area contributed by atoms with Crippen molar-refractivity contribution in [2.24, 2.45) is 0 Å². The molecule has 5 heteroatoms. The van der Waals surface area contributed by atoms with Crippen LogP contribution in [0.2, 0.25) is 5.15 Å². The van der Waals surface area contributed by atoms with Gasteiger partial charge in [-0.3, -0.25) is 0 Å². The van der Waals surface area contributed by atoms with Crippen molar-refractivity contribution in [3.8, 4) is 11.6 Å². The predicted molar refractivity (Wildman–Crippen MR) is 74.0 cm³/mol. The molecular formula is C14H15ClN2O2. The topological polar surface area (TPSA) is 44.2 Å². The molecule has 100 valence electrons. The molecule has 0 saturated carbocycles. The van der Waals surface area contributed by atoms with Crippen LogP contribution in [0.25, 0.3) is 0 Å². The zero-order valence-corrected chi connectivity index (χ0v) is 11.6. The van der Waals surface area contributed by atoms with Gasteiger partial charge in [-0.1, -0.05) is 23.7 Å². The summed E-state index contributed by atoms with van der Waals surface area (Å²) < 4.78 is 10.7. The fraction of sp³-hybridized carbons (Fsp3) is 0.286. The lowest BCUT2D eigenvalue weighted by Gasteiger charge is -2.07. The van der Waals surface area contributed by atoms with E-state index in [9.17, 15) is 0 Å². The summed E-state index contributed by atoms with van der Waals surface area (Å²) in [5.74, 6) is 1.91. The lowest BCUT2D eigenvalue weighted by molar-refractivity contribution is 0.317. The van der Waals surface area contributed by atoms with Crippen molar-refractivity contribution in [2.75, 3.05) is 13.7 Å². The third kappa shape index (κ3) is 4.10. The summed E-state index contributed by atoms with van der Waals surface area (Å²) in [5, 5.41) is 0.373. The molecule has 2 aromatic rings. The standard InChI is InChI=1S/C14H15ClN2O2/c1-10-4-3-5-11(8-10)19-7-6-13-16-12(15)9-14(17-13)18-2/h3-5,8-9H,6-7H2,1-2H3. The summed E-state index contributed by atoms with van der Waals surface area (Å²) in [7, 11) is 1.55. The van der Waals surface area contributed by atoms with Gasteiger partial charge in [-0.2, -0.15) is 4.98 Å². The molecule has 0 radical (unpaired) electrons. The first-order valence-electron chi connectivity index (χ1n) is 5.94. The van der Waals surface area contributed by atoms with E-state index in [0.717, 1.165) is 11.3 Å². The van der Waals surface area contributed by atoms with Crippen LogP contribution >= 0.6 is 11.6 Å².